The van der Waals surface area contributed by atoms with Gasteiger partial charge in [-0.2, -0.15) is 14.5 Å². The number of aromatic nitrogens is 7. The third-order valence-electron chi connectivity index (χ3n) is 6.28. The summed E-state index contributed by atoms with van der Waals surface area (Å²) in [6.45, 7) is 2.45. The minimum atomic E-state index is -0.677. The molecule has 33 heavy (non-hydrogen) atoms. The predicted octanol–water partition coefficient (Wildman–Crippen LogP) is 1.68. The molecule has 1 aliphatic heterocycles. The molecule has 1 saturated carbocycles. The van der Waals surface area contributed by atoms with E-state index in [-0.39, 0.29) is 24.3 Å². The summed E-state index contributed by atoms with van der Waals surface area (Å²) in [5.41, 5.74) is 2.05. The number of H-pyrrole nitrogens is 1. The quantitative estimate of drug-likeness (QED) is 0.333. The molecule has 1 aliphatic carbocycles. The lowest BCUT2D eigenvalue weighted by atomic mass is 10.1. The van der Waals surface area contributed by atoms with Gasteiger partial charge in [-0.1, -0.05) is 6.92 Å². The standard InChI is InChI=1S/C20H22N10O2S/c1-20(4-5-20)14-8-15(27-26-14)23-16-12-3-2-6-30(12)28-18(24-16)29-9-11(31)7-13(29)17(32)25-19-21-10-22-33-19/h2-3,6,8,10-11,13,31H,4-5,7,9H2,1H3,(H,21,22,25,32)(H2,23,24,26,27,28)/t11-,13-/m0/s1. The number of amides is 1. The van der Waals surface area contributed by atoms with E-state index in [0.717, 1.165) is 35.6 Å². The van der Waals surface area contributed by atoms with Crippen molar-refractivity contribution in [1.82, 2.24) is 34.2 Å². The van der Waals surface area contributed by atoms with Crippen LogP contribution in [-0.2, 0) is 10.2 Å². The lowest BCUT2D eigenvalue weighted by molar-refractivity contribution is -0.117. The third-order valence-corrected chi connectivity index (χ3v) is 6.86. The molecule has 0 bridgehead atoms. The van der Waals surface area contributed by atoms with Crippen LogP contribution < -0.4 is 15.5 Å². The zero-order valence-corrected chi connectivity index (χ0v) is 18.6. The number of rotatable bonds is 6. The van der Waals surface area contributed by atoms with E-state index < -0.39 is 12.1 Å². The molecule has 0 spiro atoms. The third kappa shape index (κ3) is 3.68. The van der Waals surface area contributed by atoms with Gasteiger partial charge in [0.2, 0.25) is 17.0 Å². The fraction of sp³-hybridized carbons (Fsp3) is 0.400. The number of anilines is 4. The maximum atomic E-state index is 12.9. The first-order chi connectivity index (χ1) is 16.0. The Morgan fingerprint density at radius 3 is 3.06 bits per heavy atom. The van der Waals surface area contributed by atoms with Gasteiger partial charge in [-0.15, -0.1) is 5.10 Å². The summed E-state index contributed by atoms with van der Waals surface area (Å²) in [4.78, 5) is 23.3. The molecule has 0 radical (unpaired) electrons. The van der Waals surface area contributed by atoms with Crippen LogP contribution in [0.1, 0.15) is 31.9 Å². The fourth-order valence-corrected chi connectivity index (χ4v) is 4.54. The SMILES string of the molecule is CC1(c2cc(Nc3nc(N4C[C@@H](O)C[C@H]4C(=O)Nc4ncns4)nn4cccc34)n[nH]2)CC1. The lowest BCUT2D eigenvalue weighted by Crippen LogP contribution is -2.41. The zero-order valence-electron chi connectivity index (χ0n) is 17.8. The van der Waals surface area contributed by atoms with Crippen LogP contribution in [0.25, 0.3) is 5.52 Å². The minimum absolute atomic E-state index is 0.174. The Morgan fingerprint density at radius 2 is 2.27 bits per heavy atom. The molecule has 13 heteroatoms. The van der Waals surface area contributed by atoms with Gasteiger partial charge < -0.3 is 15.3 Å². The van der Waals surface area contributed by atoms with E-state index in [9.17, 15) is 9.90 Å². The molecule has 170 valence electrons. The molecule has 4 aromatic rings. The summed E-state index contributed by atoms with van der Waals surface area (Å²) in [6.07, 6.45) is 5.08. The number of nitrogens with zero attached hydrogens (tertiary/aromatic N) is 7. The van der Waals surface area contributed by atoms with E-state index >= 15 is 0 Å². The van der Waals surface area contributed by atoms with Crippen molar-refractivity contribution in [1.29, 1.82) is 0 Å². The molecule has 6 rings (SSSR count). The molecule has 5 heterocycles. The monoisotopic (exact) mass is 466 g/mol. The molecule has 1 saturated heterocycles. The number of fused-ring (bicyclic) bond motifs is 1. The summed E-state index contributed by atoms with van der Waals surface area (Å²) in [7, 11) is 0. The fourth-order valence-electron chi connectivity index (χ4n) is 4.11. The normalized spacial score (nSPS) is 21.5. The van der Waals surface area contributed by atoms with Crippen LogP contribution in [0.15, 0.2) is 30.7 Å². The van der Waals surface area contributed by atoms with Gasteiger partial charge in [-0.05, 0) is 25.0 Å². The maximum Gasteiger partial charge on any atom is 0.249 e. The number of hydrogen-bond donors (Lipinski definition) is 4. The van der Waals surface area contributed by atoms with E-state index in [4.69, 9.17) is 4.98 Å². The second-order valence-corrected chi connectivity index (χ2v) is 9.52. The molecular formula is C20H22N10O2S. The Bertz CT molecular complexity index is 1310. The highest BCUT2D eigenvalue weighted by atomic mass is 32.1. The summed E-state index contributed by atoms with van der Waals surface area (Å²) in [5, 5.41) is 28.9. The van der Waals surface area contributed by atoms with Crippen molar-refractivity contribution in [3.63, 3.8) is 0 Å². The van der Waals surface area contributed by atoms with Gasteiger partial charge in [0.1, 0.15) is 17.9 Å². The second kappa shape index (κ2) is 7.49. The largest absolute Gasteiger partial charge is 0.391 e. The smallest absolute Gasteiger partial charge is 0.249 e. The molecule has 4 N–H and O–H groups in total. The average molecular weight is 467 g/mol. The van der Waals surface area contributed by atoms with E-state index in [1.54, 1.807) is 9.42 Å². The Hall–Kier alpha value is -3.58. The van der Waals surface area contributed by atoms with Crippen molar-refractivity contribution < 1.29 is 9.90 Å². The molecule has 12 nitrogen and oxygen atoms in total. The first-order valence-corrected chi connectivity index (χ1v) is 11.5. The molecule has 0 aromatic carbocycles. The van der Waals surface area contributed by atoms with Crippen molar-refractivity contribution in [2.75, 3.05) is 22.1 Å². The van der Waals surface area contributed by atoms with Crippen LogP contribution in [0, 0.1) is 0 Å². The van der Waals surface area contributed by atoms with Crippen LogP contribution in [0.2, 0.25) is 0 Å². The van der Waals surface area contributed by atoms with Gasteiger partial charge in [0.15, 0.2) is 11.6 Å². The van der Waals surface area contributed by atoms with Gasteiger partial charge in [0, 0.05) is 47.9 Å². The van der Waals surface area contributed by atoms with Crippen LogP contribution in [-0.4, -0.2) is 63.9 Å². The van der Waals surface area contributed by atoms with E-state index in [0.29, 0.717) is 22.7 Å². The molecular weight excluding hydrogens is 444 g/mol. The average Bonchev–Trinajstić information content (AvgIpc) is 3.34. The number of β-amino-alcohol motifs (C(OH)–C–C–N with tert-alkyl or cyclic N) is 1. The summed E-state index contributed by atoms with van der Waals surface area (Å²) >= 11 is 1.09. The first kappa shape index (κ1) is 20.1. The molecule has 4 aromatic heterocycles. The van der Waals surface area contributed by atoms with Crippen LogP contribution in [0.3, 0.4) is 0 Å². The number of carbonyl (C=O) groups is 1. The lowest BCUT2D eigenvalue weighted by Gasteiger charge is -2.23. The van der Waals surface area contributed by atoms with Gasteiger partial charge in [-0.25, -0.2) is 9.50 Å². The molecule has 1 amide bonds. The Morgan fingerprint density at radius 1 is 1.39 bits per heavy atom. The van der Waals surface area contributed by atoms with Gasteiger partial charge in [-0.3, -0.25) is 15.2 Å². The highest BCUT2D eigenvalue weighted by Crippen LogP contribution is 2.47. The predicted molar refractivity (Wildman–Crippen MR) is 122 cm³/mol. The maximum absolute atomic E-state index is 12.9. The molecule has 2 fully saturated rings. The van der Waals surface area contributed by atoms with E-state index in [1.807, 2.05) is 24.4 Å². The van der Waals surface area contributed by atoms with Gasteiger partial charge in [0.25, 0.3) is 0 Å². The van der Waals surface area contributed by atoms with Crippen molar-refractivity contribution in [3.05, 3.63) is 36.4 Å². The highest BCUT2D eigenvalue weighted by molar-refractivity contribution is 7.09. The number of nitrogens with one attached hydrogen (secondary N) is 3. The van der Waals surface area contributed by atoms with Crippen LogP contribution in [0.4, 0.5) is 22.7 Å². The highest BCUT2D eigenvalue weighted by Gasteiger charge is 2.41. The van der Waals surface area contributed by atoms with E-state index in [1.165, 1.54) is 6.33 Å². The van der Waals surface area contributed by atoms with Gasteiger partial charge in [0.05, 0.1) is 6.10 Å². The number of aliphatic hydroxyl groups excluding tert-OH is 1. The number of aliphatic hydroxyl groups is 1. The topological polar surface area (TPSA) is 149 Å². The van der Waals surface area contributed by atoms with E-state index in [2.05, 4.69) is 42.2 Å². The number of carbonyl (C=O) groups excluding carboxylic acids is 1. The number of aromatic amines is 1. The van der Waals surface area contributed by atoms with Crippen molar-refractivity contribution in [2.45, 2.75) is 43.7 Å². The Kier molecular flexibility index (Phi) is 4.55. The first-order valence-electron chi connectivity index (χ1n) is 10.7. The van der Waals surface area contributed by atoms with Crippen LogP contribution in [0.5, 0.6) is 0 Å². The van der Waals surface area contributed by atoms with Crippen molar-refractivity contribution >= 4 is 45.7 Å². The summed E-state index contributed by atoms with van der Waals surface area (Å²) in [5.74, 6) is 1.27. The molecule has 0 unspecified atom stereocenters. The second-order valence-electron chi connectivity index (χ2n) is 8.74. The Balaban J connectivity index is 1.31. The minimum Gasteiger partial charge on any atom is -0.391 e. The van der Waals surface area contributed by atoms with Crippen LogP contribution >= 0.6 is 11.5 Å². The number of hydrogen-bond acceptors (Lipinski definition) is 10. The van der Waals surface area contributed by atoms with Crippen molar-refractivity contribution in [2.24, 2.45) is 0 Å². The molecule has 2 atom stereocenters. The zero-order chi connectivity index (χ0) is 22.6. The van der Waals surface area contributed by atoms with Crippen molar-refractivity contribution in [3.8, 4) is 0 Å². The Labute approximate surface area is 192 Å². The molecule has 2 aliphatic rings. The summed E-state index contributed by atoms with van der Waals surface area (Å²) < 4.78 is 5.60. The van der Waals surface area contributed by atoms with Gasteiger partial charge >= 0.3 is 0 Å². The summed E-state index contributed by atoms with van der Waals surface area (Å²) in [6, 6.07) is 5.14.